The maximum absolute atomic E-state index is 14.0. The van der Waals surface area contributed by atoms with Crippen LogP contribution in [0.2, 0.25) is 18.1 Å². The number of aryl methyl sites for hydroxylation is 1. The van der Waals surface area contributed by atoms with E-state index in [1.807, 2.05) is 26.8 Å². The van der Waals surface area contributed by atoms with Crippen molar-refractivity contribution in [3.63, 3.8) is 0 Å². The highest BCUT2D eigenvalue weighted by Gasteiger charge is 2.43. The molecule has 2 aromatic heterocycles. The molecule has 3 heterocycles. The topological polar surface area (TPSA) is 152 Å². The van der Waals surface area contributed by atoms with Crippen LogP contribution in [0.3, 0.4) is 0 Å². The van der Waals surface area contributed by atoms with E-state index in [-0.39, 0.29) is 35.6 Å². The molecule has 1 aliphatic heterocycles. The third kappa shape index (κ3) is 9.71. The molecule has 12 nitrogen and oxygen atoms in total. The Bertz CT molecular complexity index is 1590. The zero-order valence-electron chi connectivity index (χ0n) is 31.1. The zero-order valence-corrected chi connectivity index (χ0v) is 32.9. The first-order valence-electron chi connectivity index (χ1n) is 17.7. The van der Waals surface area contributed by atoms with Crippen LogP contribution in [0, 0.1) is 12.8 Å². The molecule has 4 rings (SSSR count). The largest absolute Gasteiger partial charge is 0.508 e. The van der Waals surface area contributed by atoms with Crippen molar-refractivity contribution < 1.29 is 29.0 Å². The average Bonchev–Trinajstić information content (AvgIpc) is 3.77. The zero-order chi connectivity index (χ0) is 36.8. The van der Waals surface area contributed by atoms with Crippen LogP contribution < -0.4 is 10.1 Å². The highest BCUT2D eigenvalue weighted by molar-refractivity contribution is 7.13. The molecule has 3 N–H and O–H groups in total. The van der Waals surface area contributed by atoms with Gasteiger partial charge in [-0.1, -0.05) is 63.5 Å². The van der Waals surface area contributed by atoms with E-state index in [0.29, 0.717) is 18.1 Å². The van der Waals surface area contributed by atoms with Gasteiger partial charge in [0.15, 0.2) is 8.32 Å². The average molecular weight is 729 g/mol. The van der Waals surface area contributed by atoms with Crippen molar-refractivity contribution in [3.8, 4) is 22.1 Å². The first-order valence-corrected chi connectivity index (χ1v) is 21.5. The number of benzene rings is 1. The molecule has 0 aliphatic carbocycles. The Kier molecular flexibility index (Phi) is 13.2. The van der Waals surface area contributed by atoms with Crippen molar-refractivity contribution in [1.82, 2.24) is 30.2 Å². The number of nitrogens with one attached hydrogen (secondary N) is 1. The van der Waals surface area contributed by atoms with Crippen LogP contribution in [-0.2, 0) is 14.0 Å². The van der Waals surface area contributed by atoms with Gasteiger partial charge in [-0.25, -0.2) is 9.67 Å². The molecule has 0 saturated carbocycles. The Morgan fingerprint density at radius 3 is 2.44 bits per heavy atom. The molecule has 0 radical (unpaired) electrons. The highest BCUT2D eigenvalue weighted by atomic mass is 32.1. The summed E-state index contributed by atoms with van der Waals surface area (Å²) in [4.78, 5) is 34.3. The van der Waals surface area contributed by atoms with E-state index >= 15 is 0 Å². The second-order valence-electron chi connectivity index (χ2n) is 15.3. The lowest BCUT2D eigenvalue weighted by molar-refractivity contribution is -0.142. The number of hydrogen-bond acceptors (Lipinski definition) is 10. The van der Waals surface area contributed by atoms with Crippen molar-refractivity contribution in [2.75, 3.05) is 19.8 Å². The molecule has 2 amide bonds. The van der Waals surface area contributed by atoms with Gasteiger partial charge in [-0.3, -0.25) is 9.59 Å². The Balaban J connectivity index is 1.31. The molecule has 3 aromatic rings. The van der Waals surface area contributed by atoms with Gasteiger partial charge >= 0.3 is 0 Å². The molecule has 1 aromatic carbocycles. The van der Waals surface area contributed by atoms with Gasteiger partial charge in [-0.2, -0.15) is 0 Å². The van der Waals surface area contributed by atoms with Crippen molar-refractivity contribution in [2.24, 2.45) is 5.92 Å². The number of aliphatic hydroxyl groups excluding tert-OH is 1. The van der Waals surface area contributed by atoms with Gasteiger partial charge in [0.1, 0.15) is 17.8 Å². The van der Waals surface area contributed by atoms with Crippen LogP contribution in [0.15, 0.2) is 29.9 Å². The maximum atomic E-state index is 14.0. The molecule has 1 fully saturated rings. The van der Waals surface area contributed by atoms with Gasteiger partial charge in [0.25, 0.3) is 5.88 Å². The predicted octanol–water partition coefficient (Wildman–Crippen LogP) is 6.41. The second-order valence-corrected chi connectivity index (χ2v) is 20.9. The number of thiazole rings is 1. The van der Waals surface area contributed by atoms with E-state index < -0.39 is 38.5 Å². The summed E-state index contributed by atoms with van der Waals surface area (Å²) in [6, 6.07) is 3.18. The minimum atomic E-state index is -1.71. The first-order chi connectivity index (χ1) is 23.5. The van der Waals surface area contributed by atoms with Gasteiger partial charge in [0.2, 0.25) is 11.8 Å². The number of rotatable bonds is 16. The van der Waals surface area contributed by atoms with Crippen LogP contribution in [0.5, 0.6) is 11.6 Å². The quantitative estimate of drug-likeness (QED) is 0.112. The number of ether oxygens (including phenoxy) is 1. The Labute approximate surface area is 301 Å². The SMILES string of the molecule is Cc1ncsc1-c1ccc([C@H](C)NC(=O)[C@@H]2C[C@@H](O)CN2C(=O)[C@H](C(C)C)n2cc(OCCCCCCO[Si](C)(C)C(C)(C)C)nn2)c(O)c1. The summed E-state index contributed by atoms with van der Waals surface area (Å²) in [5, 5.41) is 32.9. The van der Waals surface area contributed by atoms with Gasteiger partial charge in [0, 0.05) is 25.1 Å². The molecular weight excluding hydrogens is 673 g/mol. The number of aromatic nitrogens is 4. The van der Waals surface area contributed by atoms with Gasteiger partial charge in [0.05, 0.1) is 41.0 Å². The number of unbranched alkanes of at least 4 members (excludes halogenated alkanes) is 3. The lowest BCUT2D eigenvalue weighted by Crippen LogP contribution is -2.49. The van der Waals surface area contributed by atoms with Crippen LogP contribution in [0.4, 0.5) is 0 Å². The fourth-order valence-electron chi connectivity index (χ4n) is 5.94. The van der Waals surface area contributed by atoms with Crippen molar-refractivity contribution in [3.05, 3.63) is 41.2 Å². The van der Waals surface area contributed by atoms with E-state index in [1.54, 1.807) is 30.8 Å². The number of hydrogen-bond donors (Lipinski definition) is 3. The minimum Gasteiger partial charge on any atom is -0.508 e. The number of nitrogens with zero attached hydrogens (tertiary/aromatic N) is 5. The summed E-state index contributed by atoms with van der Waals surface area (Å²) in [7, 11) is -1.71. The third-order valence-electron chi connectivity index (χ3n) is 9.94. The molecule has 0 unspecified atom stereocenters. The van der Waals surface area contributed by atoms with E-state index in [9.17, 15) is 19.8 Å². The molecule has 14 heteroatoms. The van der Waals surface area contributed by atoms with Crippen LogP contribution in [0.1, 0.15) is 97.0 Å². The van der Waals surface area contributed by atoms with Gasteiger partial charge in [-0.05, 0) is 68.8 Å². The molecule has 1 aliphatic rings. The lowest BCUT2D eigenvalue weighted by atomic mass is 10.0. The molecule has 50 heavy (non-hydrogen) atoms. The van der Waals surface area contributed by atoms with Crippen LogP contribution in [-0.4, -0.2) is 87.1 Å². The summed E-state index contributed by atoms with van der Waals surface area (Å²) in [6.45, 7) is 20.1. The minimum absolute atomic E-state index is 0.0294. The summed E-state index contributed by atoms with van der Waals surface area (Å²) in [5.41, 5.74) is 4.04. The number of β-amino-alcohol motifs (C(OH)–C–C–N with tert-alkyl or cyclic N) is 1. The normalized spacial score (nSPS) is 18.0. The van der Waals surface area contributed by atoms with E-state index in [0.717, 1.165) is 48.4 Å². The Hall–Kier alpha value is -3.33. The first kappa shape index (κ1) is 39.5. The monoisotopic (exact) mass is 728 g/mol. The Morgan fingerprint density at radius 1 is 1.12 bits per heavy atom. The van der Waals surface area contributed by atoms with Crippen molar-refractivity contribution in [1.29, 1.82) is 0 Å². The van der Waals surface area contributed by atoms with Crippen molar-refractivity contribution in [2.45, 2.75) is 123 Å². The van der Waals surface area contributed by atoms with E-state index in [4.69, 9.17) is 9.16 Å². The highest BCUT2D eigenvalue weighted by Crippen LogP contribution is 2.37. The van der Waals surface area contributed by atoms with Gasteiger partial charge < -0.3 is 29.6 Å². The third-order valence-corrected chi connectivity index (χ3v) is 15.5. The Morgan fingerprint density at radius 2 is 1.82 bits per heavy atom. The molecular formula is C36H56N6O6SSi. The van der Waals surface area contributed by atoms with E-state index in [2.05, 4.69) is 54.5 Å². The molecule has 276 valence electrons. The summed E-state index contributed by atoms with van der Waals surface area (Å²) in [6.07, 6.45) is 4.85. The lowest BCUT2D eigenvalue weighted by Gasteiger charge is -2.36. The molecule has 0 spiro atoms. The predicted molar refractivity (Wildman–Crippen MR) is 198 cm³/mol. The standard InChI is InChI=1S/C36H56N6O6SSi/c1-23(2)32(42-21-31(39-40-42)47-16-12-10-11-13-17-48-50(8,9)36(5,6)7)35(46)41-20-27(43)19-29(41)34(45)38-24(3)28-15-14-26(18-30(28)44)33-25(4)37-22-49-33/h14-15,18,21-24,27,29,32,43-44H,10-13,16-17,19-20H2,1-9H3,(H,38,45)/t24-,27+,29-,32-/m0/s1. The molecule has 0 bridgehead atoms. The summed E-state index contributed by atoms with van der Waals surface area (Å²) < 4.78 is 13.6. The number of likely N-dealkylation sites (tertiary alicyclic amines) is 1. The van der Waals surface area contributed by atoms with Crippen LogP contribution in [0.25, 0.3) is 10.4 Å². The van der Waals surface area contributed by atoms with Gasteiger partial charge in [-0.15, -0.1) is 11.3 Å². The smallest absolute Gasteiger partial charge is 0.253 e. The number of carbonyl (C=O) groups excluding carboxylic acids is 2. The van der Waals surface area contributed by atoms with Crippen LogP contribution >= 0.6 is 11.3 Å². The van der Waals surface area contributed by atoms with E-state index in [1.165, 1.54) is 20.9 Å². The summed E-state index contributed by atoms with van der Waals surface area (Å²) in [5.74, 6) is -0.513. The van der Waals surface area contributed by atoms with Crippen molar-refractivity contribution >= 4 is 31.5 Å². The number of phenolic OH excluding ortho intramolecular Hbond substituents is 1. The summed E-state index contributed by atoms with van der Waals surface area (Å²) >= 11 is 1.50. The number of amides is 2. The number of phenols is 1. The number of aliphatic hydroxyl groups is 1. The fraction of sp³-hybridized carbons (Fsp3) is 0.639. The number of carbonyl (C=O) groups is 2. The second kappa shape index (κ2) is 16.8. The number of aromatic hydroxyl groups is 1. The molecule has 1 saturated heterocycles. The maximum Gasteiger partial charge on any atom is 0.253 e. The molecule has 4 atom stereocenters. The fourth-order valence-corrected chi connectivity index (χ4v) is 7.83.